The highest BCUT2D eigenvalue weighted by Crippen LogP contribution is 2.06. The Bertz CT molecular complexity index is 247. The summed E-state index contributed by atoms with van der Waals surface area (Å²) < 4.78 is 5.05. The van der Waals surface area contributed by atoms with Crippen molar-refractivity contribution in [3.05, 3.63) is 0 Å². The summed E-state index contributed by atoms with van der Waals surface area (Å²) in [4.78, 5) is 21.9. The standard InChI is InChI=1S/C14H26INO3/c1-2-3-4-5-6-7-8-11-16-14(18)19-12-9-10-13(15)17/h2-12H2,1H3,(H,16,18). The first kappa shape index (κ1) is 18.7. The van der Waals surface area contributed by atoms with Gasteiger partial charge in [-0.1, -0.05) is 45.4 Å². The summed E-state index contributed by atoms with van der Waals surface area (Å²) in [6.45, 7) is 3.21. The van der Waals surface area contributed by atoms with Crippen LogP contribution in [-0.4, -0.2) is 23.0 Å². The van der Waals surface area contributed by atoms with E-state index in [1.54, 1.807) is 22.6 Å². The second-order valence-corrected chi connectivity index (χ2v) is 5.85. The first-order chi connectivity index (χ1) is 9.16. The van der Waals surface area contributed by atoms with Gasteiger partial charge in [-0.25, -0.2) is 4.79 Å². The summed E-state index contributed by atoms with van der Waals surface area (Å²) in [5.74, 6) is 0. The van der Waals surface area contributed by atoms with E-state index >= 15 is 0 Å². The zero-order chi connectivity index (χ0) is 14.3. The molecule has 0 aromatic heterocycles. The molecule has 1 N–H and O–H groups in total. The molecule has 0 bridgehead atoms. The zero-order valence-electron chi connectivity index (χ0n) is 11.9. The van der Waals surface area contributed by atoms with Gasteiger partial charge >= 0.3 is 6.09 Å². The molecule has 0 fully saturated rings. The van der Waals surface area contributed by atoms with Crippen molar-refractivity contribution >= 4 is 32.5 Å². The molecule has 0 saturated carbocycles. The molecule has 0 aliphatic rings. The van der Waals surface area contributed by atoms with E-state index in [-0.39, 0.29) is 9.88 Å². The summed E-state index contributed by atoms with van der Waals surface area (Å²) in [6.07, 6.45) is 9.32. The van der Waals surface area contributed by atoms with Gasteiger partial charge < -0.3 is 10.1 Å². The molecule has 0 saturated heterocycles. The van der Waals surface area contributed by atoms with Gasteiger partial charge in [0.05, 0.1) is 6.61 Å². The molecule has 112 valence electrons. The summed E-state index contributed by atoms with van der Waals surface area (Å²) in [7, 11) is 0. The van der Waals surface area contributed by atoms with Crippen molar-refractivity contribution in [1.82, 2.24) is 5.32 Å². The van der Waals surface area contributed by atoms with Crippen molar-refractivity contribution in [2.24, 2.45) is 0 Å². The van der Waals surface area contributed by atoms with Crippen molar-refractivity contribution in [3.8, 4) is 0 Å². The highest BCUT2D eigenvalue weighted by molar-refractivity contribution is 14.1. The van der Waals surface area contributed by atoms with Crippen molar-refractivity contribution in [3.63, 3.8) is 0 Å². The van der Waals surface area contributed by atoms with Gasteiger partial charge in [-0.05, 0) is 35.4 Å². The van der Waals surface area contributed by atoms with Crippen LogP contribution in [0.2, 0.25) is 0 Å². The van der Waals surface area contributed by atoms with Gasteiger partial charge in [0.15, 0.2) is 3.79 Å². The van der Waals surface area contributed by atoms with Gasteiger partial charge in [-0.3, -0.25) is 4.79 Å². The molecule has 0 atom stereocenters. The Balaban J connectivity index is 3.18. The van der Waals surface area contributed by atoms with E-state index in [0.717, 1.165) is 12.8 Å². The lowest BCUT2D eigenvalue weighted by molar-refractivity contribution is -0.109. The van der Waals surface area contributed by atoms with E-state index in [1.165, 1.54) is 32.1 Å². The molecule has 0 aromatic rings. The van der Waals surface area contributed by atoms with Gasteiger partial charge in [0.2, 0.25) is 0 Å². The number of amides is 1. The van der Waals surface area contributed by atoms with Crippen LogP contribution >= 0.6 is 22.6 Å². The normalized spacial score (nSPS) is 10.2. The molecule has 0 spiro atoms. The predicted molar refractivity (Wildman–Crippen MR) is 85.6 cm³/mol. The maximum absolute atomic E-state index is 11.2. The van der Waals surface area contributed by atoms with E-state index < -0.39 is 0 Å². The number of rotatable bonds is 12. The predicted octanol–water partition coefficient (Wildman–Crippen LogP) is 4.21. The first-order valence-corrected chi connectivity index (χ1v) is 8.33. The summed E-state index contributed by atoms with van der Waals surface area (Å²) >= 11 is 1.75. The average molecular weight is 383 g/mol. The number of alkyl carbamates (subject to hydrolysis) is 1. The maximum Gasteiger partial charge on any atom is 0.407 e. The lowest BCUT2D eigenvalue weighted by atomic mass is 10.1. The van der Waals surface area contributed by atoms with Gasteiger partial charge in [0, 0.05) is 13.0 Å². The number of carbonyl (C=O) groups excluding carboxylic acids is 2. The second-order valence-electron chi connectivity index (χ2n) is 4.64. The second kappa shape index (κ2) is 14.1. The molecule has 0 aliphatic heterocycles. The number of hydrogen-bond donors (Lipinski definition) is 1. The number of unbranched alkanes of at least 4 members (excludes halogenated alkanes) is 6. The molecule has 4 nitrogen and oxygen atoms in total. The fraction of sp³-hybridized carbons (Fsp3) is 0.857. The fourth-order valence-electron chi connectivity index (χ4n) is 1.70. The highest BCUT2D eigenvalue weighted by Gasteiger charge is 2.01. The average Bonchev–Trinajstić information content (AvgIpc) is 2.37. The zero-order valence-corrected chi connectivity index (χ0v) is 14.0. The van der Waals surface area contributed by atoms with E-state index in [0.29, 0.717) is 26.0 Å². The minimum atomic E-state index is -0.369. The quantitative estimate of drug-likeness (QED) is 0.312. The number of carbonyl (C=O) groups is 2. The van der Waals surface area contributed by atoms with Crippen LogP contribution in [0, 0.1) is 0 Å². The summed E-state index contributed by atoms with van der Waals surface area (Å²) in [6, 6.07) is 0. The first-order valence-electron chi connectivity index (χ1n) is 7.25. The van der Waals surface area contributed by atoms with Crippen LogP contribution in [0.25, 0.3) is 0 Å². The topological polar surface area (TPSA) is 55.4 Å². The number of nitrogens with one attached hydrogen (secondary N) is 1. The Kier molecular flexibility index (Phi) is 13.8. The molecular weight excluding hydrogens is 357 g/mol. The largest absolute Gasteiger partial charge is 0.450 e. The monoisotopic (exact) mass is 383 g/mol. The molecule has 0 aromatic carbocycles. The van der Waals surface area contributed by atoms with Crippen LogP contribution in [0.5, 0.6) is 0 Å². The molecule has 0 aliphatic carbocycles. The lowest BCUT2D eigenvalue weighted by Gasteiger charge is -2.06. The highest BCUT2D eigenvalue weighted by atomic mass is 127. The molecule has 0 rings (SSSR count). The molecule has 0 unspecified atom stereocenters. The smallest absolute Gasteiger partial charge is 0.407 e. The van der Waals surface area contributed by atoms with Crippen LogP contribution < -0.4 is 5.32 Å². The van der Waals surface area contributed by atoms with Gasteiger partial charge in [-0.2, -0.15) is 0 Å². The van der Waals surface area contributed by atoms with Gasteiger partial charge in [0.25, 0.3) is 0 Å². The number of ether oxygens (including phenoxy) is 1. The van der Waals surface area contributed by atoms with Crippen LogP contribution in [0.3, 0.4) is 0 Å². The molecule has 0 heterocycles. The van der Waals surface area contributed by atoms with E-state index in [9.17, 15) is 9.59 Å². The molecule has 5 heteroatoms. The molecular formula is C14H26INO3. The third-order valence-corrected chi connectivity index (χ3v) is 3.34. The fourth-order valence-corrected chi connectivity index (χ4v) is 2.08. The van der Waals surface area contributed by atoms with Crippen LogP contribution in [0.15, 0.2) is 0 Å². The van der Waals surface area contributed by atoms with Crippen molar-refractivity contribution in [2.45, 2.75) is 64.7 Å². The van der Waals surface area contributed by atoms with Crippen LogP contribution in [0.1, 0.15) is 64.7 Å². The third-order valence-electron chi connectivity index (χ3n) is 2.80. The van der Waals surface area contributed by atoms with E-state index in [4.69, 9.17) is 4.74 Å². The van der Waals surface area contributed by atoms with Gasteiger partial charge in [-0.15, -0.1) is 0 Å². The van der Waals surface area contributed by atoms with E-state index in [2.05, 4.69) is 12.2 Å². The van der Waals surface area contributed by atoms with Crippen LogP contribution in [-0.2, 0) is 9.53 Å². The van der Waals surface area contributed by atoms with Crippen molar-refractivity contribution in [2.75, 3.05) is 13.2 Å². The Hall–Kier alpha value is -0.330. The van der Waals surface area contributed by atoms with Crippen LogP contribution in [0.4, 0.5) is 4.79 Å². The van der Waals surface area contributed by atoms with E-state index in [1.807, 2.05) is 0 Å². The van der Waals surface area contributed by atoms with Gasteiger partial charge in [0.1, 0.15) is 0 Å². The van der Waals surface area contributed by atoms with Crippen molar-refractivity contribution in [1.29, 1.82) is 0 Å². The lowest BCUT2D eigenvalue weighted by Crippen LogP contribution is -2.25. The molecule has 0 radical (unpaired) electrons. The summed E-state index contributed by atoms with van der Waals surface area (Å²) in [5.41, 5.74) is 0. The minimum Gasteiger partial charge on any atom is -0.450 e. The summed E-state index contributed by atoms with van der Waals surface area (Å²) in [5, 5.41) is 2.72. The Morgan fingerprint density at radius 3 is 2.26 bits per heavy atom. The molecule has 1 amide bonds. The number of hydrogen-bond acceptors (Lipinski definition) is 3. The molecule has 19 heavy (non-hydrogen) atoms. The Labute approximate surface area is 130 Å². The van der Waals surface area contributed by atoms with Crippen molar-refractivity contribution < 1.29 is 14.3 Å². The Morgan fingerprint density at radius 2 is 1.63 bits per heavy atom. The maximum atomic E-state index is 11.2. The third kappa shape index (κ3) is 15.6. The Morgan fingerprint density at radius 1 is 1.00 bits per heavy atom. The SMILES string of the molecule is CCCCCCCCCNC(=O)OCCCC(=O)I. The number of halogens is 1. The minimum absolute atomic E-state index is 0.102.